The van der Waals surface area contributed by atoms with Crippen molar-refractivity contribution in [3.05, 3.63) is 18.2 Å². The number of carbonyl (C=O) groups excluding carboxylic acids is 3. The fraction of sp³-hybridized carbons (Fsp3) is 0.400. The highest BCUT2D eigenvalue weighted by Gasteiger charge is 2.24. The molecule has 1 aliphatic rings. The molecule has 1 aliphatic heterocycles. The summed E-state index contributed by atoms with van der Waals surface area (Å²) >= 11 is 1.16. The Kier molecular flexibility index (Phi) is 6.30. The normalized spacial score (nSPS) is 13.6. The predicted octanol–water partition coefficient (Wildman–Crippen LogP) is 1.35. The van der Waals surface area contributed by atoms with Gasteiger partial charge in [-0.15, -0.1) is 0 Å². The zero-order valence-electron chi connectivity index (χ0n) is 13.4. The molecular formula is C15H18N2O6S. The lowest BCUT2D eigenvalue weighted by Gasteiger charge is -2.14. The Balaban J connectivity index is 1.82. The maximum atomic E-state index is 11.9. The molecule has 0 spiro atoms. The third kappa shape index (κ3) is 4.79. The van der Waals surface area contributed by atoms with E-state index in [0.29, 0.717) is 29.5 Å². The number of hydrogen-bond acceptors (Lipinski definition) is 7. The van der Waals surface area contributed by atoms with Crippen LogP contribution in [0.4, 0.5) is 10.5 Å². The van der Waals surface area contributed by atoms with Crippen LogP contribution in [-0.2, 0) is 14.3 Å². The molecule has 1 heterocycles. The van der Waals surface area contributed by atoms with Crippen LogP contribution >= 0.6 is 11.8 Å². The molecule has 2 amide bonds. The first-order valence-electron chi connectivity index (χ1n) is 7.12. The van der Waals surface area contributed by atoms with Gasteiger partial charge in [-0.3, -0.25) is 14.4 Å². The molecule has 9 heteroatoms. The van der Waals surface area contributed by atoms with Crippen molar-refractivity contribution in [2.24, 2.45) is 0 Å². The number of amides is 2. The number of thioether (sulfide) groups is 1. The highest BCUT2D eigenvalue weighted by Crippen LogP contribution is 2.28. The fourth-order valence-corrected chi connectivity index (χ4v) is 2.83. The Hall–Kier alpha value is -2.42. The van der Waals surface area contributed by atoms with Crippen molar-refractivity contribution >= 4 is 34.6 Å². The maximum absolute atomic E-state index is 11.9. The summed E-state index contributed by atoms with van der Waals surface area (Å²) in [4.78, 5) is 36.3. The third-order valence-electron chi connectivity index (χ3n) is 3.21. The topological polar surface area (TPSA) is 94.2 Å². The van der Waals surface area contributed by atoms with Gasteiger partial charge in [0.25, 0.3) is 11.1 Å². The molecule has 1 aromatic rings. The molecule has 1 fully saturated rings. The zero-order chi connectivity index (χ0) is 17.5. The quantitative estimate of drug-likeness (QED) is 0.739. The van der Waals surface area contributed by atoms with Gasteiger partial charge in [-0.05, 0) is 12.1 Å². The Labute approximate surface area is 143 Å². The van der Waals surface area contributed by atoms with E-state index in [0.717, 1.165) is 11.8 Å². The van der Waals surface area contributed by atoms with Gasteiger partial charge in [0.15, 0.2) is 6.61 Å². The lowest BCUT2D eigenvalue weighted by Crippen LogP contribution is -2.32. The van der Waals surface area contributed by atoms with E-state index in [4.69, 9.17) is 14.2 Å². The molecule has 0 bridgehead atoms. The minimum atomic E-state index is -0.623. The number of nitrogens with one attached hydrogen (secondary N) is 1. The lowest BCUT2D eigenvalue weighted by atomic mass is 10.2. The van der Waals surface area contributed by atoms with Gasteiger partial charge in [-0.25, -0.2) is 0 Å². The Morgan fingerprint density at radius 2 is 2.08 bits per heavy atom. The summed E-state index contributed by atoms with van der Waals surface area (Å²) in [5, 5.41) is 2.44. The van der Waals surface area contributed by atoms with Gasteiger partial charge in [0.2, 0.25) is 0 Å². The summed E-state index contributed by atoms with van der Waals surface area (Å²) in [5.74, 6) is 0.541. The minimum absolute atomic E-state index is 0.148. The molecule has 24 heavy (non-hydrogen) atoms. The van der Waals surface area contributed by atoms with E-state index in [9.17, 15) is 14.4 Å². The van der Waals surface area contributed by atoms with E-state index in [1.807, 2.05) is 0 Å². The van der Waals surface area contributed by atoms with Gasteiger partial charge < -0.3 is 24.4 Å². The molecule has 0 saturated carbocycles. The van der Waals surface area contributed by atoms with Gasteiger partial charge in [0.1, 0.15) is 18.0 Å². The highest BCUT2D eigenvalue weighted by molar-refractivity contribution is 8.13. The molecule has 0 unspecified atom stereocenters. The van der Waals surface area contributed by atoms with Crippen LogP contribution in [0, 0.1) is 0 Å². The van der Waals surface area contributed by atoms with E-state index in [-0.39, 0.29) is 11.8 Å². The van der Waals surface area contributed by atoms with Gasteiger partial charge in [-0.2, -0.15) is 0 Å². The van der Waals surface area contributed by atoms with Crippen LogP contribution in [0.2, 0.25) is 0 Å². The van der Waals surface area contributed by atoms with E-state index in [1.165, 1.54) is 19.1 Å². The van der Waals surface area contributed by atoms with Crippen molar-refractivity contribution in [3.63, 3.8) is 0 Å². The van der Waals surface area contributed by atoms with E-state index in [1.54, 1.807) is 18.2 Å². The predicted molar refractivity (Wildman–Crippen MR) is 88.6 cm³/mol. The van der Waals surface area contributed by atoms with Gasteiger partial charge in [0, 0.05) is 18.4 Å². The smallest absolute Gasteiger partial charge is 0.326 e. The van der Waals surface area contributed by atoms with Crippen LogP contribution < -0.4 is 14.8 Å². The van der Waals surface area contributed by atoms with Crippen LogP contribution in [0.5, 0.6) is 11.5 Å². The van der Waals surface area contributed by atoms with E-state index in [2.05, 4.69) is 5.32 Å². The largest absolute Gasteiger partial charge is 0.497 e. The second-order valence-corrected chi connectivity index (χ2v) is 5.86. The average molecular weight is 354 g/mol. The summed E-state index contributed by atoms with van der Waals surface area (Å²) in [5.41, 5.74) is 0.436. The minimum Gasteiger partial charge on any atom is -0.497 e. The Morgan fingerprint density at radius 3 is 2.71 bits per heavy atom. The number of benzene rings is 1. The summed E-state index contributed by atoms with van der Waals surface area (Å²) < 4.78 is 15.1. The van der Waals surface area contributed by atoms with Crippen molar-refractivity contribution in [1.29, 1.82) is 0 Å². The lowest BCUT2D eigenvalue weighted by molar-refractivity contribution is -0.147. The van der Waals surface area contributed by atoms with Gasteiger partial charge in [-0.1, -0.05) is 11.8 Å². The molecule has 2 rings (SSSR count). The van der Waals surface area contributed by atoms with Crippen molar-refractivity contribution in [2.75, 3.05) is 45.0 Å². The molecule has 130 valence electrons. The van der Waals surface area contributed by atoms with Crippen LogP contribution in [0.1, 0.15) is 0 Å². The molecule has 1 N–H and O–H groups in total. The Morgan fingerprint density at radius 1 is 1.29 bits per heavy atom. The number of anilines is 1. The van der Waals surface area contributed by atoms with Crippen molar-refractivity contribution in [2.45, 2.75) is 0 Å². The molecule has 1 aromatic carbocycles. The van der Waals surface area contributed by atoms with E-state index >= 15 is 0 Å². The zero-order valence-corrected chi connectivity index (χ0v) is 14.2. The molecule has 0 radical (unpaired) electrons. The molecule has 0 aliphatic carbocycles. The van der Waals surface area contributed by atoms with Crippen LogP contribution in [0.25, 0.3) is 0 Å². The van der Waals surface area contributed by atoms with Crippen LogP contribution in [-0.4, -0.2) is 61.7 Å². The average Bonchev–Trinajstić information content (AvgIpc) is 2.98. The van der Waals surface area contributed by atoms with Crippen molar-refractivity contribution in [3.8, 4) is 11.5 Å². The SMILES string of the molecule is COc1ccc(NC(=O)COC(=O)CN2CCSC2=O)c(OC)c1. The third-order valence-corrected chi connectivity index (χ3v) is 4.10. The summed E-state index contributed by atoms with van der Waals surface area (Å²) in [6.07, 6.45) is 0. The molecule has 0 atom stereocenters. The van der Waals surface area contributed by atoms with Crippen molar-refractivity contribution < 1.29 is 28.6 Å². The summed E-state index contributed by atoms with van der Waals surface area (Å²) in [7, 11) is 2.99. The molecule has 8 nitrogen and oxygen atoms in total. The standard InChI is InChI=1S/C15H18N2O6S/c1-21-10-3-4-11(12(7-10)22-2)16-13(18)9-23-14(19)8-17-5-6-24-15(17)20/h3-4,7H,5-6,8-9H2,1-2H3,(H,16,18). The first-order valence-corrected chi connectivity index (χ1v) is 8.11. The number of methoxy groups -OCH3 is 2. The van der Waals surface area contributed by atoms with Crippen molar-refractivity contribution in [1.82, 2.24) is 4.90 Å². The van der Waals surface area contributed by atoms with Gasteiger partial charge >= 0.3 is 5.97 Å². The van der Waals surface area contributed by atoms with Gasteiger partial charge in [0.05, 0.1) is 19.9 Å². The number of carbonyl (C=O) groups is 3. The Bertz CT molecular complexity index is 636. The fourth-order valence-electron chi connectivity index (χ4n) is 2.00. The second-order valence-electron chi connectivity index (χ2n) is 4.81. The molecule has 0 aromatic heterocycles. The number of ether oxygens (including phenoxy) is 3. The number of nitrogens with zero attached hydrogens (tertiary/aromatic N) is 1. The number of rotatable bonds is 7. The first-order chi connectivity index (χ1) is 11.5. The monoisotopic (exact) mass is 354 g/mol. The second kappa shape index (κ2) is 8.44. The maximum Gasteiger partial charge on any atom is 0.326 e. The first kappa shape index (κ1) is 17.9. The molecular weight excluding hydrogens is 336 g/mol. The summed E-state index contributed by atoms with van der Waals surface area (Å²) in [6.45, 7) is -0.0813. The van der Waals surface area contributed by atoms with Crippen LogP contribution in [0.3, 0.4) is 0 Å². The number of esters is 1. The van der Waals surface area contributed by atoms with Crippen LogP contribution in [0.15, 0.2) is 18.2 Å². The van der Waals surface area contributed by atoms with E-state index < -0.39 is 18.5 Å². The number of hydrogen-bond donors (Lipinski definition) is 1. The summed E-state index contributed by atoms with van der Waals surface area (Å²) in [6, 6.07) is 4.91. The highest BCUT2D eigenvalue weighted by atomic mass is 32.2. The molecule has 1 saturated heterocycles.